The molecule has 1 aliphatic rings. The smallest absolute Gasteiger partial charge is 0.234 e. The first-order valence-electron chi connectivity index (χ1n) is 5.81. The van der Waals surface area contributed by atoms with Gasteiger partial charge in [0.25, 0.3) is 0 Å². The summed E-state index contributed by atoms with van der Waals surface area (Å²) in [6.45, 7) is 3.57. The van der Waals surface area contributed by atoms with E-state index < -0.39 is 28.9 Å². The van der Waals surface area contributed by atoms with Gasteiger partial charge in [-0.1, -0.05) is 13.8 Å². The van der Waals surface area contributed by atoms with E-state index in [0.29, 0.717) is 6.07 Å². The molecule has 1 aromatic carbocycles. The molecule has 1 heterocycles. The van der Waals surface area contributed by atoms with Gasteiger partial charge in [-0.05, 0) is 11.5 Å². The lowest BCUT2D eigenvalue weighted by Gasteiger charge is -2.34. The van der Waals surface area contributed by atoms with Crippen LogP contribution in [0.1, 0.15) is 26.7 Å². The number of nitrogen functional groups attached to an aromatic ring is 1. The molecule has 0 bridgehead atoms. The van der Waals surface area contributed by atoms with Crippen molar-refractivity contribution < 1.29 is 18.4 Å². The van der Waals surface area contributed by atoms with E-state index in [0.717, 1.165) is 11.0 Å². The Morgan fingerprint density at radius 2 is 1.63 bits per heavy atom. The molecule has 0 atom stereocenters. The Balaban J connectivity index is 2.45. The number of halogens is 2. The van der Waals surface area contributed by atoms with Crippen molar-refractivity contribution in [3.05, 3.63) is 23.8 Å². The highest BCUT2D eigenvalue weighted by Gasteiger charge is 2.39. The predicted molar refractivity (Wildman–Crippen MR) is 66.3 cm³/mol. The SMILES string of the molecule is CC1(C)CC(=O)N(c2cc(N)c(F)cc2F)C(=O)C1. The fourth-order valence-electron chi connectivity index (χ4n) is 2.17. The van der Waals surface area contributed by atoms with Gasteiger partial charge in [0.05, 0.1) is 11.4 Å². The molecule has 1 saturated heterocycles. The van der Waals surface area contributed by atoms with Crippen molar-refractivity contribution in [1.82, 2.24) is 0 Å². The molecule has 6 heteroatoms. The summed E-state index contributed by atoms with van der Waals surface area (Å²) in [5.74, 6) is -2.91. The lowest BCUT2D eigenvalue weighted by Crippen LogP contribution is -2.46. The minimum Gasteiger partial charge on any atom is -0.396 e. The van der Waals surface area contributed by atoms with Gasteiger partial charge in [-0.3, -0.25) is 9.59 Å². The van der Waals surface area contributed by atoms with Gasteiger partial charge in [0, 0.05) is 18.9 Å². The highest BCUT2D eigenvalue weighted by molar-refractivity contribution is 6.17. The maximum absolute atomic E-state index is 13.7. The second-order valence-electron chi connectivity index (χ2n) is 5.47. The quantitative estimate of drug-likeness (QED) is 0.627. The van der Waals surface area contributed by atoms with Crippen LogP contribution in [0.15, 0.2) is 12.1 Å². The van der Waals surface area contributed by atoms with Gasteiger partial charge in [0.15, 0.2) is 0 Å². The molecule has 0 aromatic heterocycles. The van der Waals surface area contributed by atoms with Crippen LogP contribution in [0.2, 0.25) is 0 Å². The molecule has 2 rings (SSSR count). The molecule has 19 heavy (non-hydrogen) atoms. The van der Waals surface area contributed by atoms with E-state index in [4.69, 9.17) is 5.73 Å². The molecule has 0 radical (unpaired) electrons. The zero-order valence-corrected chi connectivity index (χ0v) is 10.7. The summed E-state index contributed by atoms with van der Waals surface area (Å²) in [6, 6.07) is 1.55. The maximum Gasteiger partial charge on any atom is 0.234 e. The molecule has 2 N–H and O–H groups in total. The Morgan fingerprint density at radius 1 is 1.11 bits per heavy atom. The van der Waals surface area contributed by atoms with E-state index in [1.807, 2.05) is 0 Å². The van der Waals surface area contributed by atoms with Crippen molar-refractivity contribution in [1.29, 1.82) is 0 Å². The third-order valence-corrected chi connectivity index (χ3v) is 3.07. The summed E-state index contributed by atoms with van der Waals surface area (Å²) >= 11 is 0. The van der Waals surface area contributed by atoms with Crippen LogP contribution in [0.4, 0.5) is 20.2 Å². The Kier molecular flexibility index (Phi) is 3.04. The van der Waals surface area contributed by atoms with Gasteiger partial charge in [-0.15, -0.1) is 0 Å². The topological polar surface area (TPSA) is 63.4 Å². The number of carbonyl (C=O) groups excluding carboxylic acids is 2. The Hall–Kier alpha value is -1.98. The van der Waals surface area contributed by atoms with E-state index in [1.54, 1.807) is 13.8 Å². The van der Waals surface area contributed by atoms with Crippen LogP contribution in [-0.4, -0.2) is 11.8 Å². The van der Waals surface area contributed by atoms with Gasteiger partial charge < -0.3 is 5.73 Å². The second kappa shape index (κ2) is 4.29. The summed E-state index contributed by atoms with van der Waals surface area (Å²) in [5.41, 5.74) is 4.31. The first kappa shape index (κ1) is 13.5. The third-order valence-electron chi connectivity index (χ3n) is 3.07. The van der Waals surface area contributed by atoms with Gasteiger partial charge in [0.2, 0.25) is 11.8 Å². The first-order valence-corrected chi connectivity index (χ1v) is 5.81. The number of nitrogens with zero attached hydrogens (tertiary/aromatic N) is 1. The number of piperidine rings is 1. The lowest BCUT2D eigenvalue weighted by atomic mass is 9.81. The zero-order chi connectivity index (χ0) is 14.4. The van der Waals surface area contributed by atoms with Crippen LogP contribution >= 0.6 is 0 Å². The van der Waals surface area contributed by atoms with Crippen molar-refractivity contribution >= 4 is 23.2 Å². The minimum absolute atomic E-state index is 0.120. The third kappa shape index (κ3) is 2.43. The number of benzene rings is 1. The van der Waals surface area contributed by atoms with Crippen molar-refractivity contribution in [2.24, 2.45) is 5.41 Å². The van der Waals surface area contributed by atoms with E-state index in [9.17, 15) is 18.4 Å². The summed E-state index contributed by atoms with van der Waals surface area (Å²) in [7, 11) is 0. The number of amides is 2. The van der Waals surface area contributed by atoms with Crippen LogP contribution in [0.3, 0.4) is 0 Å². The second-order valence-corrected chi connectivity index (χ2v) is 5.47. The molecule has 102 valence electrons. The molecule has 0 spiro atoms. The van der Waals surface area contributed by atoms with Crippen LogP contribution in [-0.2, 0) is 9.59 Å². The summed E-state index contributed by atoms with van der Waals surface area (Å²) in [6.07, 6.45) is 0.241. The Labute approximate surface area is 109 Å². The van der Waals surface area contributed by atoms with E-state index in [2.05, 4.69) is 0 Å². The first-order chi connectivity index (χ1) is 8.71. The summed E-state index contributed by atoms with van der Waals surface area (Å²) in [4.78, 5) is 24.7. The molecular formula is C13H14F2N2O2. The largest absolute Gasteiger partial charge is 0.396 e. The van der Waals surface area contributed by atoms with Gasteiger partial charge in [-0.25, -0.2) is 13.7 Å². The number of hydrogen-bond donors (Lipinski definition) is 1. The number of hydrogen-bond acceptors (Lipinski definition) is 3. The molecule has 0 saturated carbocycles. The van der Waals surface area contributed by atoms with E-state index in [-0.39, 0.29) is 24.2 Å². The average Bonchev–Trinajstić information content (AvgIpc) is 2.22. The average molecular weight is 268 g/mol. The van der Waals surface area contributed by atoms with Crippen molar-refractivity contribution in [3.63, 3.8) is 0 Å². The van der Waals surface area contributed by atoms with E-state index in [1.165, 1.54) is 0 Å². The molecule has 1 aliphatic heterocycles. The van der Waals surface area contributed by atoms with Crippen LogP contribution in [0.25, 0.3) is 0 Å². The molecular weight excluding hydrogens is 254 g/mol. The fraction of sp³-hybridized carbons (Fsp3) is 0.385. The van der Waals surface area contributed by atoms with Crippen molar-refractivity contribution in [2.75, 3.05) is 10.6 Å². The summed E-state index contributed by atoms with van der Waals surface area (Å²) < 4.78 is 26.8. The van der Waals surface area contributed by atoms with Gasteiger partial charge >= 0.3 is 0 Å². The standard InChI is InChI=1S/C13H14F2N2O2/c1-13(2)5-11(18)17(12(19)6-13)10-4-9(16)7(14)3-8(10)15/h3-4H,5-6,16H2,1-2H3. The normalized spacial score (nSPS) is 18.8. The highest BCUT2D eigenvalue weighted by atomic mass is 19.1. The molecule has 1 fully saturated rings. The van der Waals surface area contributed by atoms with Crippen LogP contribution in [0.5, 0.6) is 0 Å². The number of carbonyl (C=O) groups is 2. The summed E-state index contributed by atoms with van der Waals surface area (Å²) in [5, 5.41) is 0. The number of anilines is 2. The molecule has 0 unspecified atom stereocenters. The number of rotatable bonds is 1. The maximum atomic E-state index is 13.7. The van der Waals surface area contributed by atoms with Crippen LogP contribution < -0.4 is 10.6 Å². The lowest BCUT2D eigenvalue weighted by molar-refractivity contribution is -0.132. The van der Waals surface area contributed by atoms with Crippen molar-refractivity contribution in [3.8, 4) is 0 Å². The number of imide groups is 1. The minimum atomic E-state index is -0.979. The molecule has 2 amide bonds. The van der Waals surface area contributed by atoms with Crippen molar-refractivity contribution in [2.45, 2.75) is 26.7 Å². The molecule has 4 nitrogen and oxygen atoms in total. The Bertz CT molecular complexity index is 550. The zero-order valence-electron chi connectivity index (χ0n) is 10.7. The Morgan fingerprint density at radius 3 is 2.16 bits per heavy atom. The molecule has 1 aromatic rings. The fourth-order valence-corrected chi connectivity index (χ4v) is 2.17. The van der Waals surface area contributed by atoms with E-state index >= 15 is 0 Å². The van der Waals surface area contributed by atoms with Gasteiger partial charge in [-0.2, -0.15) is 0 Å². The van der Waals surface area contributed by atoms with Crippen LogP contribution in [0, 0.1) is 17.0 Å². The highest BCUT2D eigenvalue weighted by Crippen LogP contribution is 2.35. The number of nitrogens with two attached hydrogens (primary N) is 1. The predicted octanol–water partition coefficient (Wildman–Crippen LogP) is 2.23. The monoisotopic (exact) mass is 268 g/mol. The van der Waals surface area contributed by atoms with Gasteiger partial charge in [0.1, 0.15) is 11.6 Å². The molecule has 0 aliphatic carbocycles.